The highest BCUT2D eigenvalue weighted by Gasteiger charge is 2.30. The van der Waals surface area contributed by atoms with E-state index >= 15 is 0 Å². The van der Waals surface area contributed by atoms with Crippen molar-refractivity contribution in [3.8, 4) is 5.69 Å². The van der Waals surface area contributed by atoms with Gasteiger partial charge in [0.2, 0.25) is 5.28 Å². The lowest BCUT2D eigenvalue weighted by Gasteiger charge is -2.10. The van der Waals surface area contributed by atoms with Crippen LogP contribution in [0, 0.1) is 6.92 Å². The molecule has 2 aromatic rings. The van der Waals surface area contributed by atoms with Crippen molar-refractivity contribution < 1.29 is 0 Å². The van der Waals surface area contributed by atoms with E-state index in [1.165, 1.54) is 24.0 Å². The van der Waals surface area contributed by atoms with Crippen molar-refractivity contribution in [3.05, 3.63) is 40.4 Å². The normalized spacial score (nSPS) is 15.1. The second-order valence-electron chi connectivity index (χ2n) is 4.90. The molecule has 1 heterocycles. The van der Waals surface area contributed by atoms with E-state index in [4.69, 9.17) is 11.6 Å². The molecule has 1 aromatic carbocycles. The second-order valence-corrected chi connectivity index (χ2v) is 5.24. The number of halogens is 1. The van der Waals surface area contributed by atoms with Gasteiger partial charge in [-0.25, -0.2) is 0 Å². The zero-order valence-corrected chi connectivity index (χ0v) is 11.4. The van der Waals surface area contributed by atoms with Crippen molar-refractivity contribution in [2.75, 3.05) is 0 Å². The molecule has 1 aliphatic rings. The van der Waals surface area contributed by atoms with Gasteiger partial charge < -0.3 is 0 Å². The topological polar surface area (TPSA) is 30.7 Å². The number of rotatable bonds is 3. The molecule has 0 bridgehead atoms. The summed E-state index contributed by atoms with van der Waals surface area (Å²) in [6.45, 7) is 4.31. The van der Waals surface area contributed by atoms with E-state index < -0.39 is 0 Å². The lowest BCUT2D eigenvalue weighted by Crippen LogP contribution is -2.01. The van der Waals surface area contributed by atoms with E-state index in [0.717, 1.165) is 17.9 Å². The maximum Gasteiger partial charge on any atom is 0.229 e. The summed E-state index contributed by atoms with van der Waals surface area (Å²) in [5.74, 6) is 1.54. The second kappa shape index (κ2) is 4.39. The molecule has 18 heavy (non-hydrogen) atoms. The lowest BCUT2D eigenvalue weighted by molar-refractivity contribution is 0.870. The van der Waals surface area contributed by atoms with Crippen molar-refractivity contribution in [3.63, 3.8) is 0 Å². The Hall–Kier alpha value is -1.35. The van der Waals surface area contributed by atoms with Gasteiger partial charge in [0.25, 0.3) is 0 Å². The molecule has 1 aromatic heterocycles. The highest BCUT2D eigenvalue weighted by Crippen LogP contribution is 2.40. The Morgan fingerprint density at radius 1 is 1.33 bits per heavy atom. The summed E-state index contributed by atoms with van der Waals surface area (Å²) >= 11 is 6.17. The number of aryl methyl sites for hydroxylation is 2. The van der Waals surface area contributed by atoms with Crippen molar-refractivity contribution in [1.29, 1.82) is 0 Å². The van der Waals surface area contributed by atoms with Crippen LogP contribution in [0.5, 0.6) is 0 Å². The largest absolute Gasteiger partial charge is 0.270 e. The van der Waals surface area contributed by atoms with E-state index in [-0.39, 0.29) is 0 Å². The maximum atomic E-state index is 6.17. The molecule has 94 valence electrons. The summed E-state index contributed by atoms with van der Waals surface area (Å²) in [4.78, 5) is 0. The average molecular weight is 262 g/mol. The van der Waals surface area contributed by atoms with Crippen LogP contribution in [0.2, 0.25) is 5.28 Å². The molecule has 4 heteroatoms. The van der Waals surface area contributed by atoms with Crippen LogP contribution in [0.15, 0.2) is 18.2 Å². The van der Waals surface area contributed by atoms with Gasteiger partial charge in [-0.05, 0) is 61.0 Å². The third-order valence-electron chi connectivity index (χ3n) is 3.56. The summed E-state index contributed by atoms with van der Waals surface area (Å²) in [7, 11) is 0. The van der Waals surface area contributed by atoms with Crippen LogP contribution in [0.1, 0.15) is 42.6 Å². The van der Waals surface area contributed by atoms with Crippen molar-refractivity contribution in [1.82, 2.24) is 14.8 Å². The van der Waals surface area contributed by atoms with E-state index in [9.17, 15) is 0 Å². The Morgan fingerprint density at radius 3 is 2.72 bits per heavy atom. The first-order valence-corrected chi connectivity index (χ1v) is 6.79. The molecule has 0 N–H and O–H groups in total. The first kappa shape index (κ1) is 11.7. The molecule has 0 spiro atoms. The number of hydrogen-bond donors (Lipinski definition) is 0. The van der Waals surface area contributed by atoms with Crippen LogP contribution >= 0.6 is 11.6 Å². The third kappa shape index (κ3) is 1.93. The van der Waals surface area contributed by atoms with Gasteiger partial charge in [0.15, 0.2) is 0 Å². The van der Waals surface area contributed by atoms with Gasteiger partial charge >= 0.3 is 0 Å². The monoisotopic (exact) mass is 261 g/mol. The predicted molar refractivity (Wildman–Crippen MR) is 72.5 cm³/mol. The summed E-state index contributed by atoms with van der Waals surface area (Å²) in [6.07, 6.45) is 3.44. The molecule has 0 aliphatic heterocycles. The van der Waals surface area contributed by atoms with Crippen molar-refractivity contribution >= 4 is 11.6 Å². The Labute approximate surface area is 112 Å². The molecule has 1 fully saturated rings. The van der Waals surface area contributed by atoms with Crippen LogP contribution in [0.4, 0.5) is 0 Å². The molecule has 3 rings (SSSR count). The van der Waals surface area contributed by atoms with E-state index in [1.54, 1.807) is 0 Å². The minimum absolute atomic E-state index is 0.459. The Morgan fingerprint density at radius 2 is 2.11 bits per heavy atom. The minimum atomic E-state index is 0.459. The standard InChI is InChI=1S/C14H16ClN3/c1-3-10-6-7-12(8-9(10)2)18-13(11-4-5-11)16-17-14(18)15/h6-8,11H,3-5H2,1-2H3. The van der Waals surface area contributed by atoms with Crippen molar-refractivity contribution in [2.45, 2.75) is 39.0 Å². The molecule has 3 nitrogen and oxygen atoms in total. The van der Waals surface area contributed by atoms with E-state index in [2.05, 4.69) is 42.2 Å². The highest BCUT2D eigenvalue weighted by atomic mass is 35.5. The fourth-order valence-corrected chi connectivity index (χ4v) is 2.56. The average Bonchev–Trinajstić information content (AvgIpc) is 3.13. The van der Waals surface area contributed by atoms with Gasteiger partial charge in [-0.2, -0.15) is 0 Å². The zero-order chi connectivity index (χ0) is 12.7. The van der Waals surface area contributed by atoms with Crippen LogP contribution in [-0.4, -0.2) is 14.8 Å². The molecule has 0 amide bonds. The summed E-state index contributed by atoms with van der Waals surface area (Å²) in [5.41, 5.74) is 3.74. The van der Waals surface area contributed by atoms with E-state index in [1.807, 2.05) is 4.57 Å². The SMILES string of the molecule is CCc1ccc(-n2c(Cl)nnc2C2CC2)cc1C. The number of benzene rings is 1. The molecular formula is C14H16ClN3. The smallest absolute Gasteiger partial charge is 0.229 e. The Kier molecular flexibility index (Phi) is 2.86. The molecular weight excluding hydrogens is 246 g/mol. The Balaban J connectivity index is 2.09. The Bertz CT molecular complexity index is 585. The summed E-state index contributed by atoms with van der Waals surface area (Å²) in [5, 5.41) is 8.67. The van der Waals surface area contributed by atoms with Crippen molar-refractivity contribution in [2.24, 2.45) is 0 Å². The quantitative estimate of drug-likeness (QED) is 0.844. The first-order valence-electron chi connectivity index (χ1n) is 6.41. The van der Waals surface area contributed by atoms with Crippen LogP contribution < -0.4 is 0 Å². The van der Waals surface area contributed by atoms with Gasteiger partial charge in [0.05, 0.1) is 5.69 Å². The molecule has 0 atom stereocenters. The molecule has 1 aliphatic carbocycles. The number of aromatic nitrogens is 3. The number of nitrogens with zero attached hydrogens (tertiary/aromatic N) is 3. The predicted octanol–water partition coefficient (Wildman–Crippen LogP) is 3.67. The summed E-state index contributed by atoms with van der Waals surface area (Å²) < 4.78 is 1.98. The van der Waals surface area contributed by atoms with Gasteiger partial charge in [0, 0.05) is 5.92 Å². The molecule has 1 saturated carbocycles. The molecule has 0 unspecified atom stereocenters. The van der Waals surface area contributed by atoms with Gasteiger partial charge in [-0.1, -0.05) is 13.0 Å². The third-order valence-corrected chi connectivity index (χ3v) is 3.80. The van der Waals surface area contributed by atoms with Gasteiger partial charge in [-0.15, -0.1) is 10.2 Å². The van der Waals surface area contributed by atoms with Crippen LogP contribution in [-0.2, 0) is 6.42 Å². The van der Waals surface area contributed by atoms with Crippen LogP contribution in [0.25, 0.3) is 5.69 Å². The fraction of sp³-hybridized carbons (Fsp3) is 0.429. The molecule has 0 saturated heterocycles. The van der Waals surface area contributed by atoms with E-state index in [0.29, 0.717) is 11.2 Å². The zero-order valence-electron chi connectivity index (χ0n) is 10.7. The lowest BCUT2D eigenvalue weighted by atomic mass is 10.1. The van der Waals surface area contributed by atoms with Crippen LogP contribution in [0.3, 0.4) is 0 Å². The summed E-state index contributed by atoms with van der Waals surface area (Å²) in [6, 6.07) is 6.44. The first-order chi connectivity index (χ1) is 8.70. The maximum absolute atomic E-state index is 6.17. The molecule has 0 radical (unpaired) electrons. The minimum Gasteiger partial charge on any atom is -0.270 e. The number of hydrogen-bond acceptors (Lipinski definition) is 2. The fourth-order valence-electron chi connectivity index (χ4n) is 2.34. The van der Waals surface area contributed by atoms with Gasteiger partial charge in [-0.3, -0.25) is 4.57 Å². The highest BCUT2D eigenvalue weighted by molar-refractivity contribution is 6.28. The van der Waals surface area contributed by atoms with Gasteiger partial charge in [0.1, 0.15) is 5.82 Å².